The van der Waals surface area contributed by atoms with Crippen molar-refractivity contribution in [2.24, 2.45) is 0 Å². The number of hydrogen-bond acceptors (Lipinski definition) is 2. The van der Waals surface area contributed by atoms with Crippen LogP contribution in [0.2, 0.25) is 10.0 Å². The average Bonchev–Trinajstić information content (AvgIpc) is 2.38. The predicted molar refractivity (Wildman–Crippen MR) is 74.6 cm³/mol. The molecule has 94 valence electrons. The van der Waals surface area contributed by atoms with E-state index in [4.69, 9.17) is 39.5 Å². The van der Waals surface area contributed by atoms with Gasteiger partial charge in [-0.25, -0.2) is 0 Å². The molecule has 1 aromatic carbocycles. The van der Waals surface area contributed by atoms with Gasteiger partial charge < -0.3 is 4.74 Å². The molecular formula is C13H10Cl3NO. The van der Waals surface area contributed by atoms with Crippen molar-refractivity contribution in [1.29, 1.82) is 0 Å². The van der Waals surface area contributed by atoms with Crippen LogP contribution in [0, 0.1) is 0 Å². The maximum absolute atomic E-state index is 6.04. The minimum atomic E-state index is 0.305. The maximum Gasteiger partial charge on any atom is 0.125 e. The van der Waals surface area contributed by atoms with Gasteiger partial charge in [-0.15, -0.1) is 11.6 Å². The topological polar surface area (TPSA) is 22.1 Å². The van der Waals surface area contributed by atoms with Crippen LogP contribution < -0.4 is 4.74 Å². The first-order valence-electron chi connectivity index (χ1n) is 5.27. The lowest BCUT2D eigenvalue weighted by molar-refractivity contribution is 0.304. The molecule has 1 aromatic heterocycles. The van der Waals surface area contributed by atoms with Gasteiger partial charge in [-0.3, -0.25) is 4.98 Å². The molecule has 0 bridgehead atoms. The van der Waals surface area contributed by atoms with E-state index in [9.17, 15) is 0 Å². The molecule has 0 N–H and O–H groups in total. The summed E-state index contributed by atoms with van der Waals surface area (Å²) in [7, 11) is 0. The molecule has 18 heavy (non-hydrogen) atoms. The second-order valence-corrected chi connectivity index (χ2v) is 4.69. The first-order chi connectivity index (χ1) is 8.72. The SMILES string of the molecule is ClCc1c(Cl)cccc1OCc1ccncc1Cl. The van der Waals surface area contributed by atoms with E-state index in [-0.39, 0.29) is 0 Å². The minimum Gasteiger partial charge on any atom is -0.488 e. The number of benzene rings is 1. The van der Waals surface area contributed by atoms with Crippen LogP contribution in [0.5, 0.6) is 5.75 Å². The average molecular weight is 303 g/mol. The van der Waals surface area contributed by atoms with Crippen LogP contribution in [-0.2, 0) is 12.5 Å². The van der Waals surface area contributed by atoms with Crippen LogP contribution in [0.1, 0.15) is 11.1 Å². The molecule has 0 radical (unpaired) electrons. The molecule has 0 saturated heterocycles. The zero-order chi connectivity index (χ0) is 13.0. The van der Waals surface area contributed by atoms with E-state index in [2.05, 4.69) is 4.98 Å². The second-order valence-electron chi connectivity index (χ2n) is 3.61. The van der Waals surface area contributed by atoms with Crippen molar-refractivity contribution in [2.75, 3.05) is 0 Å². The normalized spacial score (nSPS) is 10.4. The van der Waals surface area contributed by atoms with Gasteiger partial charge in [-0.2, -0.15) is 0 Å². The van der Waals surface area contributed by atoms with Crippen LogP contribution in [-0.4, -0.2) is 4.98 Å². The van der Waals surface area contributed by atoms with Crippen molar-refractivity contribution in [3.05, 3.63) is 57.8 Å². The lowest BCUT2D eigenvalue weighted by Gasteiger charge is -2.11. The quantitative estimate of drug-likeness (QED) is 0.763. The van der Waals surface area contributed by atoms with Gasteiger partial charge in [0.05, 0.1) is 10.9 Å². The van der Waals surface area contributed by atoms with Gasteiger partial charge in [0.2, 0.25) is 0 Å². The smallest absolute Gasteiger partial charge is 0.125 e. The van der Waals surface area contributed by atoms with Crippen LogP contribution in [0.15, 0.2) is 36.7 Å². The summed E-state index contributed by atoms with van der Waals surface area (Å²) in [6.07, 6.45) is 3.26. The van der Waals surface area contributed by atoms with Crippen molar-refractivity contribution in [1.82, 2.24) is 4.98 Å². The lowest BCUT2D eigenvalue weighted by atomic mass is 10.2. The van der Waals surface area contributed by atoms with E-state index in [0.29, 0.717) is 28.3 Å². The largest absolute Gasteiger partial charge is 0.488 e. The Hall–Kier alpha value is -0.960. The lowest BCUT2D eigenvalue weighted by Crippen LogP contribution is -1.99. The molecule has 2 nitrogen and oxygen atoms in total. The van der Waals surface area contributed by atoms with Gasteiger partial charge in [0.25, 0.3) is 0 Å². The Bertz CT molecular complexity index is 546. The Morgan fingerprint density at radius 2 is 1.94 bits per heavy atom. The van der Waals surface area contributed by atoms with Crippen LogP contribution >= 0.6 is 34.8 Å². The number of halogens is 3. The zero-order valence-electron chi connectivity index (χ0n) is 9.37. The van der Waals surface area contributed by atoms with E-state index >= 15 is 0 Å². The monoisotopic (exact) mass is 301 g/mol. The van der Waals surface area contributed by atoms with Crippen LogP contribution in [0.25, 0.3) is 0 Å². The summed E-state index contributed by atoms with van der Waals surface area (Å²) >= 11 is 17.9. The molecule has 0 unspecified atom stereocenters. The summed E-state index contributed by atoms with van der Waals surface area (Å²) in [5, 5.41) is 1.18. The molecule has 5 heteroatoms. The molecule has 2 aromatic rings. The number of ether oxygens (including phenoxy) is 1. The zero-order valence-corrected chi connectivity index (χ0v) is 11.6. The first kappa shape index (κ1) is 13.5. The Morgan fingerprint density at radius 3 is 2.67 bits per heavy atom. The third kappa shape index (κ3) is 3.08. The van der Waals surface area contributed by atoms with Gasteiger partial charge in [-0.1, -0.05) is 29.3 Å². The minimum absolute atomic E-state index is 0.305. The molecular weight excluding hydrogens is 293 g/mol. The van der Waals surface area contributed by atoms with Crippen molar-refractivity contribution in [2.45, 2.75) is 12.5 Å². The highest BCUT2D eigenvalue weighted by atomic mass is 35.5. The van der Waals surface area contributed by atoms with Crippen LogP contribution in [0.4, 0.5) is 0 Å². The molecule has 0 atom stereocenters. The molecule has 0 aliphatic rings. The van der Waals surface area contributed by atoms with Gasteiger partial charge in [0.15, 0.2) is 0 Å². The van der Waals surface area contributed by atoms with Gasteiger partial charge in [0.1, 0.15) is 12.4 Å². The third-order valence-electron chi connectivity index (χ3n) is 2.45. The first-order valence-corrected chi connectivity index (χ1v) is 6.56. The fraction of sp³-hybridized carbons (Fsp3) is 0.154. The summed E-state index contributed by atoms with van der Waals surface area (Å²) in [5.74, 6) is 0.976. The summed E-state index contributed by atoms with van der Waals surface area (Å²) < 4.78 is 5.69. The van der Waals surface area contributed by atoms with Crippen molar-refractivity contribution >= 4 is 34.8 Å². The molecule has 0 amide bonds. The summed E-state index contributed by atoms with van der Waals surface area (Å²) in [5.41, 5.74) is 1.65. The summed E-state index contributed by atoms with van der Waals surface area (Å²) in [6.45, 7) is 0.353. The number of nitrogens with zero attached hydrogens (tertiary/aromatic N) is 1. The number of rotatable bonds is 4. The van der Waals surface area contributed by atoms with Crippen LogP contribution in [0.3, 0.4) is 0 Å². The van der Waals surface area contributed by atoms with E-state index in [0.717, 1.165) is 11.1 Å². The number of hydrogen-bond donors (Lipinski definition) is 0. The van der Waals surface area contributed by atoms with Gasteiger partial charge in [-0.05, 0) is 18.2 Å². The fourth-order valence-electron chi connectivity index (χ4n) is 1.48. The van der Waals surface area contributed by atoms with Crippen molar-refractivity contribution < 1.29 is 4.74 Å². The highest BCUT2D eigenvalue weighted by Gasteiger charge is 2.08. The maximum atomic E-state index is 6.04. The number of alkyl halides is 1. The highest BCUT2D eigenvalue weighted by molar-refractivity contribution is 6.32. The second kappa shape index (κ2) is 6.28. The number of pyridine rings is 1. The van der Waals surface area contributed by atoms with Crippen molar-refractivity contribution in [3.8, 4) is 5.75 Å². The van der Waals surface area contributed by atoms with E-state index in [1.165, 1.54) is 0 Å². The van der Waals surface area contributed by atoms with E-state index in [1.54, 1.807) is 18.5 Å². The van der Waals surface area contributed by atoms with E-state index in [1.807, 2.05) is 18.2 Å². The molecule has 2 rings (SSSR count). The molecule has 0 saturated carbocycles. The summed E-state index contributed by atoms with van der Waals surface area (Å²) in [6, 6.07) is 7.25. The Labute approximate surface area is 120 Å². The molecule has 0 spiro atoms. The molecule has 1 heterocycles. The molecule has 0 fully saturated rings. The Morgan fingerprint density at radius 1 is 1.11 bits per heavy atom. The third-order valence-corrected chi connectivity index (χ3v) is 3.41. The summed E-state index contributed by atoms with van der Waals surface area (Å²) in [4.78, 5) is 3.92. The van der Waals surface area contributed by atoms with Crippen molar-refractivity contribution in [3.63, 3.8) is 0 Å². The van der Waals surface area contributed by atoms with Gasteiger partial charge in [0, 0.05) is 28.5 Å². The molecule has 0 aliphatic heterocycles. The highest BCUT2D eigenvalue weighted by Crippen LogP contribution is 2.29. The Balaban J connectivity index is 2.16. The van der Waals surface area contributed by atoms with E-state index < -0.39 is 0 Å². The number of aromatic nitrogens is 1. The predicted octanol–water partition coefficient (Wildman–Crippen LogP) is 4.71. The fourth-order valence-corrected chi connectivity index (χ4v) is 2.23. The van der Waals surface area contributed by atoms with Gasteiger partial charge >= 0.3 is 0 Å². The standard InChI is InChI=1S/C13H10Cl3NO/c14-6-10-11(15)2-1-3-13(10)18-8-9-4-5-17-7-12(9)16/h1-5,7H,6,8H2. The Kier molecular flexibility index (Phi) is 4.70. The molecule has 0 aliphatic carbocycles.